The van der Waals surface area contributed by atoms with Crippen LogP contribution in [0.15, 0.2) is 0 Å². The van der Waals surface area contributed by atoms with E-state index in [0.29, 0.717) is 23.7 Å². The van der Waals surface area contributed by atoms with E-state index in [-0.39, 0.29) is 24.8 Å². The Morgan fingerprint density at radius 3 is 2.38 bits per heavy atom. The quantitative estimate of drug-likeness (QED) is 0.635. The van der Waals surface area contributed by atoms with E-state index in [9.17, 15) is 0 Å². The van der Waals surface area contributed by atoms with Crippen molar-refractivity contribution in [3.05, 3.63) is 0 Å². The summed E-state index contributed by atoms with van der Waals surface area (Å²) in [5.41, 5.74) is 5.62. The van der Waals surface area contributed by atoms with Crippen LogP contribution in [0, 0.1) is 17.2 Å². The van der Waals surface area contributed by atoms with Crippen LogP contribution in [0.3, 0.4) is 0 Å². The van der Waals surface area contributed by atoms with Crippen molar-refractivity contribution in [2.75, 3.05) is 6.54 Å². The zero-order chi connectivity index (χ0) is 8.43. The summed E-state index contributed by atoms with van der Waals surface area (Å²) in [4.78, 5) is 0. The molecule has 1 aliphatic heterocycles. The third-order valence-electron chi connectivity index (χ3n) is 2.57. The van der Waals surface area contributed by atoms with E-state index in [2.05, 4.69) is 19.2 Å². The van der Waals surface area contributed by atoms with Crippen molar-refractivity contribution in [1.29, 1.82) is 5.41 Å². The molecule has 0 amide bonds. The lowest BCUT2D eigenvalue weighted by atomic mass is 9.82. The maximum Gasteiger partial charge on any atom is 0.0936 e. The highest BCUT2D eigenvalue weighted by Crippen LogP contribution is 2.22. The molecule has 1 aliphatic rings. The van der Waals surface area contributed by atoms with Crippen LogP contribution in [0.5, 0.6) is 0 Å². The van der Waals surface area contributed by atoms with Crippen LogP contribution >= 0.6 is 24.8 Å². The van der Waals surface area contributed by atoms with Gasteiger partial charge in [0.25, 0.3) is 0 Å². The van der Waals surface area contributed by atoms with E-state index in [0.717, 1.165) is 13.0 Å². The summed E-state index contributed by atoms with van der Waals surface area (Å²) in [6.07, 6.45) is 0.853. The molecule has 0 saturated carbocycles. The second-order valence-electron chi connectivity index (χ2n) is 3.49. The number of piperidine rings is 1. The number of hydrogen-bond donors (Lipinski definition) is 3. The number of nitrogens with one attached hydrogen (secondary N) is 2. The van der Waals surface area contributed by atoms with Gasteiger partial charge in [-0.25, -0.2) is 0 Å². The lowest BCUT2D eigenvalue weighted by molar-refractivity contribution is 0.281. The third-order valence-corrected chi connectivity index (χ3v) is 2.57. The van der Waals surface area contributed by atoms with Crippen molar-refractivity contribution in [3.63, 3.8) is 0 Å². The zero-order valence-corrected chi connectivity index (χ0v) is 9.67. The monoisotopic (exact) mass is 227 g/mol. The van der Waals surface area contributed by atoms with Crippen molar-refractivity contribution < 1.29 is 0 Å². The molecule has 0 aromatic rings. The topological polar surface area (TPSA) is 61.9 Å². The molecule has 1 heterocycles. The Bertz CT molecular complexity index is 149. The van der Waals surface area contributed by atoms with E-state index in [1.165, 1.54) is 0 Å². The molecular weight excluding hydrogens is 209 g/mol. The van der Waals surface area contributed by atoms with E-state index in [1.807, 2.05) is 0 Å². The van der Waals surface area contributed by atoms with Crippen molar-refractivity contribution in [2.24, 2.45) is 17.6 Å². The Kier molecular flexibility index (Phi) is 7.69. The van der Waals surface area contributed by atoms with Gasteiger partial charge in [0.2, 0.25) is 0 Å². The third kappa shape index (κ3) is 3.71. The molecule has 5 heteroatoms. The normalized spacial score (nSPS) is 32.5. The Morgan fingerprint density at radius 2 is 2.00 bits per heavy atom. The summed E-state index contributed by atoms with van der Waals surface area (Å²) in [6, 6.07) is 0.372. The average Bonchev–Trinajstić information content (AvgIpc) is 1.85. The molecule has 0 aliphatic carbocycles. The number of amidine groups is 1. The predicted octanol–water partition coefficient (Wildman–Crippen LogP) is 1.40. The van der Waals surface area contributed by atoms with Gasteiger partial charge in [0.05, 0.1) is 5.84 Å². The van der Waals surface area contributed by atoms with Crippen LogP contribution in [0.25, 0.3) is 0 Å². The zero-order valence-electron chi connectivity index (χ0n) is 8.04. The Hall–Kier alpha value is 0.01000. The number of rotatable bonds is 1. The van der Waals surface area contributed by atoms with Gasteiger partial charge in [-0.05, 0) is 25.3 Å². The highest BCUT2D eigenvalue weighted by molar-refractivity contribution is 5.85. The first kappa shape index (κ1) is 15.5. The molecule has 13 heavy (non-hydrogen) atoms. The first-order chi connectivity index (χ1) is 5.15. The molecule has 1 saturated heterocycles. The van der Waals surface area contributed by atoms with Crippen LogP contribution < -0.4 is 11.1 Å². The smallest absolute Gasteiger partial charge is 0.0936 e. The standard InChI is InChI=1S/C8H17N3.2ClH/c1-5-3-8(10)11-6(2)7(5)4-9;;/h5-7H,3-4,9H2,1-2H3,(H2,10,11);2*1H. The largest absolute Gasteiger partial charge is 0.371 e. The molecule has 0 aromatic carbocycles. The molecule has 0 radical (unpaired) electrons. The maximum atomic E-state index is 7.46. The fourth-order valence-electron chi connectivity index (χ4n) is 1.84. The van der Waals surface area contributed by atoms with Crippen LogP contribution in [-0.2, 0) is 0 Å². The second-order valence-corrected chi connectivity index (χ2v) is 3.49. The SMILES string of the molecule is CC1CC(=N)NC(C)C1CN.Cl.Cl. The maximum absolute atomic E-state index is 7.46. The predicted molar refractivity (Wildman–Crippen MR) is 61.1 cm³/mol. The van der Waals surface area contributed by atoms with E-state index >= 15 is 0 Å². The Labute approximate surface area is 92.2 Å². The van der Waals surface area contributed by atoms with E-state index in [4.69, 9.17) is 11.1 Å². The first-order valence-electron chi connectivity index (χ1n) is 4.19. The lowest BCUT2D eigenvalue weighted by Gasteiger charge is -2.35. The van der Waals surface area contributed by atoms with Gasteiger partial charge in [-0.15, -0.1) is 24.8 Å². The van der Waals surface area contributed by atoms with Crippen LogP contribution in [0.4, 0.5) is 0 Å². The molecule has 0 spiro atoms. The molecule has 0 aromatic heterocycles. The minimum Gasteiger partial charge on any atom is -0.371 e. The van der Waals surface area contributed by atoms with Crippen LogP contribution in [0.2, 0.25) is 0 Å². The van der Waals surface area contributed by atoms with Gasteiger partial charge in [0, 0.05) is 12.5 Å². The highest BCUT2D eigenvalue weighted by atomic mass is 35.5. The van der Waals surface area contributed by atoms with Crippen LogP contribution in [-0.4, -0.2) is 18.4 Å². The molecule has 3 unspecified atom stereocenters. The van der Waals surface area contributed by atoms with Crippen LogP contribution in [0.1, 0.15) is 20.3 Å². The minimum absolute atomic E-state index is 0. The first-order valence-corrected chi connectivity index (χ1v) is 4.19. The van der Waals surface area contributed by atoms with E-state index in [1.54, 1.807) is 0 Å². The van der Waals surface area contributed by atoms with Crippen molar-refractivity contribution in [1.82, 2.24) is 5.32 Å². The van der Waals surface area contributed by atoms with Crippen molar-refractivity contribution in [2.45, 2.75) is 26.3 Å². The number of hydrogen-bond acceptors (Lipinski definition) is 2. The highest BCUT2D eigenvalue weighted by Gasteiger charge is 2.28. The van der Waals surface area contributed by atoms with Gasteiger partial charge in [-0.2, -0.15) is 0 Å². The number of nitrogens with two attached hydrogens (primary N) is 1. The fraction of sp³-hybridized carbons (Fsp3) is 0.875. The molecular formula is C8H19Cl2N3. The Balaban J connectivity index is 0. The number of halogens is 2. The summed E-state index contributed by atoms with van der Waals surface area (Å²) in [5, 5.41) is 10.6. The van der Waals surface area contributed by atoms with Gasteiger partial charge < -0.3 is 11.1 Å². The molecule has 4 N–H and O–H groups in total. The minimum atomic E-state index is 0. The van der Waals surface area contributed by atoms with Gasteiger partial charge in [0.15, 0.2) is 0 Å². The summed E-state index contributed by atoms with van der Waals surface area (Å²) < 4.78 is 0. The van der Waals surface area contributed by atoms with Gasteiger partial charge in [-0.3, -0.25) is 5.41 Å². The molecule has 0 bridgehead atoms. The fourth-order valence-corrected chi connectivity index (χ4v) is 1.84. The second kappa shape index (κ2) is 6.46. The molecule has 80 valence electrons. The van der Waals surface area contributed by atoms with E-state index < -0.39 is 0 Å². The summed E-state index contributed by atoms with van der Waals surface area (Å²) >= 11 is 0. The summed E-state index contributed by atoms with van der Waals surface area (Å²) in [5.74, 6) is 1.75. The van der Waals surface area contributed by atoms with Crippen molar-refractivity contribution in [3.8, 4) is 0 Å². The lowest BCUT2D eigenvalue weighted by Crippen LogP contribution is -2.49. The molecule has 1 rings (SSSR count). The Morgan fingerprint density at radius 1 is 1.46 bits per heavy atom. The molecule has 3 nitrogen and oxygen atoms in total. The summed E-state index contributed by atoms with van der Waals surface area (Å²) in [7, 11) is 0. The van der Waals surface area contributed by atoms with Gasteiger partial charge >= 0.3 is 0 Å². The summed E-state index contributed by atoms with van der Waals surface area (Å²) in [6.45, 7) is 4.99. The average molecular weight is 228 g/mol. The van der Waals surface area contributed by atoms with Gasteiger partial charge in [0.1, 0.15) is 0 Å². The van der Waals surface area contributed by atoms with Gasteiger partial charge in [-0.1, -0.05) is 6.92 Å². The molecule has 3 atom stereocenters. The molecule has 1 fully saturated rings. The van der Waals surface area contributed by atoms with Crippen molar-refractivity contribution >= 4 is 30.6 Å².